The number of aliphatic imine (C=N–C) groups is 1. The van der Waals surface area contributed by atoms with Gasteiger partial charge in [-0.25, -0.2) is 0 Å². The first-order valence-electron chi connectivity index (χ1n) is 9.73. The summed E-state index contributed by atoms with van der Waals surface area (Å²) in [6, 6.07) is 8.20. The molecule has 3 aliphatic rings. The van der Waals surface area contributed by atoms with E-state index in [0.29, 0.717) is 25.7 Å². The highest BCUT2D eigenvalue weighted by atomic mass is 16.7. The topological polar surface area (TPSA) is 78.1 Å². The zero-order valence-corrected chi connectivity index (χ0v) is 15.4. The van der Waals surface area contributed by atoms with Crippen molar-refractivity contribution in [2.24, 2.45) is 16.6 Å². The molecule has 1 aromatic carbocycles. The smallest absolute Gasteiger partial charge is 0.189 e. The minimum absolute atomic E-state index is 0.00858. The Labute approximate surface area is 155 Å². The highest BCUT2D eigenvalue weighted by molar-refractivity contribution is 5.78. The number of nitrogens with two attached hydrogens (primary N) is 1. The molecule has 1 spiro atoms. The van der Waals surface area contributed by atoms with Crippen LogP contribution in [0.2, 0.25) is 0 Å². The van der Waals surface area contributed by atoms with Crippen molar-refractivity contribution in [1.82, 2.24) is 5.32 Å². The van der Waals surface area contributed by atoms with Gasteiger partial charge in [0.25, 0.3) is 0 Å². The van der Waals surface area contributed by atoms with Gasteiger partial charge in [0.05, 0.1) is 25.8 Å². The molecule has 2 unspecified atom stereocenters. The maximum absolute atomic E-state index is 6.20. The summed E-state index contributed by atoms with van der Waals surface area (Å²) in [6.45, 7) is 4.11. The van der Waals surface area contributed by atoms with Gasteiger partial charge in [-0.2, -0.15) is 0 Å². The predicted molar refractivity (Wildman–Crippen MR) is 100 cm³/mol. The molecule has 2 atom stereocenters. The Bertz CT molecular complexity index is 655. The molecule has 2 fully saturated rings. The summed E-state index contributed by atoms with van der Waals surface area (Å²) < 4.78 is 17.9. The molecule has 0 radical (unpaired) electrons. The van der Waals surface area contributed by atoms with Gasteiger partial charge in [-0.3, -0.25) is 4.99 Å². The van der Waals surface area contributed by atoms with Crippen LogP contribution >= 0.6 is 0 Å². The fraction of sp³-hybridized carbons (Fsp3) is 0.650. The van der Waals surface area contributed by atoms with Crippen molar-refractivity contribution in [1.29, 1.82) is 0 Å². The van der Waals surface area contributed by atoms with Crippen LogP contribution in [-0.4, -0.2) is 37.6 Å². The summed E-state index contributed by atoms with van der Waals surface area (Å²) in [5, 5.41) is 3.33. The second kappa shape index (κ2) is 7.45. The standard InChI is InChI=1S/C20H29N3O3/c1-14-6-9-20(10-7-14)25-13-15(26-20)12-22-19(21)23-17-8-11-24-18-5-3-2-4-16(17)18/h2-5,14-15,17H,6-13H2,1H3,(H3,21,22,23). The predicted octanol–water partition coefficient (Wildman–Crippen LogP) is 2.74. The van der Waals surface area contributed by atoms with Gasteiger partial charge in [0, 0.05) is 24.8 Å². The van der Waals surface area contributed by atoms with Gasteiger partial charge < -0.3 is 25.3 Å². The first kappa shape index (κ1) is 17.6. The highest BCUT2D eigenvalue weighted by Crippen LogP contribution is 2.39. The summed E-state index contributed by atoms with van der Waals surface area (Å²) in [4.78, 5) is 4.50. The second-order valence-corrected chi connectivity index (χ2v) is 7.74. The van der Waals surface area contributed by atoms with Gasteiger partial charge >= 0.3 is 0 Å². The van der Waals surface area contributed by atoms with Crippen LogP contribution in [0.3, 0.4) is 0 Å². The van der Waals surface area contributed by atoms with Gasteiger partial charge in [0.1, 0.15) is 11.9 Å². The Morgan fingerprint density at radius 3 is 2.92 bits per heavy atom. The molecule has 0 amide bonds. The molecule has 0 aromatic heterocycles. The third-order valence-corrected chi connectivity index (χ3v) is 5.70. The van der Waals surface area contributed by atoms with Crippen LogP contribution in [0.4, 0.5) is 0 Å². The SMILES string of the molecule is CC1CCC2(CC1)OCC(CN=C(N)NC1CCOc3ccccc31)O2. The molecule has 1 saturated carbocycles. The molecule has 1 aliphatic carbocycles. The number of para-hydroxylation sites is 1. The van der Waals surface area contributed by atoms with E-state index in [1.165, 1.54) is 12.8 Å². The Morgan fingerprint density at radius 2 is 2.08 bits per heavy atom. The van der Waals surface area contributed by atoms with Crippen LogP contribution in [0.25, 0.3) is 0 Å². The maximum Gasteiger partial charge on any atom is 0.189 e. The first-order chi connectivity index (χ1) is 12.6. The lowest BCUT2D eigenvalue weighted by molar-refractivity contribution is -0.190. The van der Waals surface area contributed by atoms with E-state index < -0.39 is 0 Å². The number of guanidine groups is 1. The number of hydrogen-bond acceptors (Lipinski definition) is 4. The van der Waals surface area contributed by atoms with Gasteiger partial charge in [-0.1, -0.05) is 25.1 Å². The Hall–Kier alpha value is -1.79. The lowest BCUT2D eigenvalue weighted by atomic mass is 9.86. The van der Waals surface area contributed by atoms with Crippen molar-refractivity contribution in [3.05, 3.63) is 29.8 Å². The second-order valence-electron chi connectivity index (χ2n) is 7.74. The lowest BCUT2D eigenvalue weighted by Gasteiger charge is -2.34. The molecule has 6 heteroatoms. The van der Waals surface area contributed by atoms with E-state index in [2.05, 4.69) is 23.3 Å². The Balaban J connectivity index is 1.31. The van der Waals surface area contributed by atoms with Crippen molar-refractivity contribution >= 4 is 5.96 Å². The molecule has 1 aromatic rings. The van der Waals surface area contributed by atoms with Crippen LogP contribution in [0.15, 0.2) is 29.3 Å². The summed E-state index contributed by atoms with van der Waals surface area (Å²) in [5.74, 6) is 1.78. The van der Waals surface area contributed by atoms with E-state index in [9.17, 15) is 0 Å². The van der Waals surface area contributed by atoms with Crippen molar-refractivity contribution in [3.8, 4) is 5.75 Å². The van der Waals surface area contributed by atoms with Gasteiger partial charge in [-0.05, 0) is 24.8 Å². The molecule has 2 aliphatic heterocycles. The maximum atomic E-state index is 6.20. The fourth-order valence-electron chi connectivity index (χ4n) is 4.09. The van der Waals surface area contributed by atoms with Crippen LogP contribution in [0.5, 0.6) is 5.75 Å². The minimum atomic E-state index is -0.367. The monoisotopic (exact) mass is 359 g/mol. The Kier molecular flexibility index (Phi) is 5.05. The summed E-state index contributed by atoms with van der Waals surface area (Å²) in [7, 11) is 0. The van der Waals surface area contributed by atoms with Crippen molar-refractivity contribution < 1.29 is 14.2 Å². The van der Waals surface area contributed by atoms with Crippen LogP contribution < -0.4 is 15.8 Å². The number of benzene rings is 1. The number of ether oxygens (including phenoxy) is 3. The van der Waals surface area contributed by atoms with E-state index in [-0.39, 0.29) is 17.9 Å². The molecular formula is C20H29N3O3. The van der Waals surface area contributed by atoms with Gasteiger partial charge in [0.2, 0.25) is 0 Å². The van der Waals surface area contributed by atoms with Crippen molar-refractivity contribution in [2.75, 3.05) is 19.8 Å². The average Bonchev–Trinajstić information content (AvgIpc) is 3.06. The molecule has 26 heavy (non-hydrogen) atoms. The molecule has 3 N–H and O–H groups in total. The van der Waals surface area contributed by atoms with Crippen molar-refractivity contribution in [3.63, 3.8) is 0 Å². The number of nitrogens with one attached hydrogen (secondary N) is 1. The first-order valence-corrected chi connectivity index (χ1v) is 9.73. The van der Waals surface area contributed by atoms with Crippen LogP contribution in [0, 0.1) is 5.92 Å². The highest BCUT2D eigenvalue weighted by Gasteiger charge is 2.43. The normalized spacial score (nSPS) is 34.3. The number of nitrogens with zero attached hydrogens (tertiary/aromatic N) is 1. The summed E-state index contributed by atoms with van der Waals surface area (Å²) in [5.41, 5.74) is 7.26. The molecule has 6 nitrogen and oxygen atoms in total. The van der Waals surface area contributed by atoms with Crippen molar-refractivity contribution in [2.45, 2.75) is 57.0 Å². The zero-order chi connectivity index (χ0) is 18.0. The minimum Gasteiger partial charge on any atom is -0.493 e. The van der Waals surface area contributed by atoms with Crippen LogP contribution in [-0.2, 0) is 9.47 Å². The Morgan fingerprint density at radius 1 is 1.27 bits per heavy atom. The molecule has 2 heterocycles. The van der Waals surface area contributed by atoms with Gasteiger partial charge in [-0.15, -0.1) is 0 Å². The van der Waals surface area contributed by atoms with E-state index >= 15 is 0 Å². The van der Waals surface area contributed by atoms with E-state index in [1.54, 1.807) is 0 Å². The largest absolute Gasteiger partial charge is 0.493 e. The third-order valence-electron chi connectivity index (χ3n) is 5.70. The number of fused-ring (bicyclic) bond motifs is 1. The summed E-state index contributed by atoms with van der Waals surface area (Å²) >= 11 is 0. The van der Waals surface area contributed by atoms with Crippen LogP contribution in [0.1, 0.15) is 50.6 Å². The molecule has 4 rings (SSSR count). The number of rotatable bonds is 3. The number of hydrogen-bond donors (Lipinski definition) is 2. The molecule has 1 saturated heterocycles. The third kappa shape index (κ3) is 3.81. The fourth-order valence-corrected chi connectivity index (χ4v) is 4.09. The molecule has 142 valence electrons. The zero-order valence-electron chi connectivity index (χ0n) is 15.4. The lowest BCUT2D eigenvalue weighted by Crippen LogP contribution is -2.38. The van der Waals surface area contributed by atoms with Gasteiger partial charge in [0.15, 0.2) is 11.7 Å². The average molecular weight is 359 g/mol. The van der Waals surface area contributed by atoms with E-state index in [1.807, 2.05) is 18.2 Å². The molecule has 0 bridgehead atoms. The summed E-state index contributed by atoms with van der Waals surface area (Å²) in [6.07, 6.45) is 5.18. The quantitative estimate of drug-likeness (QED) is 0.641. The van der Waals surface area contributed by atoms with E-state index in [0.717, 1.165) is 36.5 Å². The molecular weight excluding hydrogens is 330 g/mol. The van der Waals surface area contributed by atoms with E-state index in [4.69, 9.17) is 19.9 Å².